The fourth-order valence-corrected chi connectivity index (χ4v) is 5.07. The van der Waals surface area contributed by atoms with E-state index in [9.17, 15) is 13.6 Å². The van der Waals surface area contributed by atoms with Gasteiger partial charge in [-0.2, -0.15) is 0 Å². The van der Waals surface area contributed by atoms with Crippen LogP contribution < -0.4 is 4.74 Å². The molecule has 1 spiro atoms. The molecule has 0 atom stereocenters. The lowest BCUT2D eigenvalue weighted by atomic mass is 9.77. The van der Waals surface area contributed by atoms with Crippen LogP contribution in [0.15, 0.2) is 42.5 Å². The Hall–Kier alpha value is -2.47. The van der Waals surface area contributed by atoms with Crippen molar-refractivity contribution < 1.29 is 18.3 Å². The van der Waals surface area contributed by atoms with Crippen molar-refractivity contribution in [3.8, 4) is 5.75 Å². The summed E-state index contributed by atoms with van der Waals surface area (Å²) in [7, 11) is 0. The van der Waals surface area contributed by atoms with Gasteiger partial charge in [-0.1, -0.05) is 32.0 Å². The Kier molecular flexibility index (Phi) is 7.32. The first-order valence-electron chi connectivity index (χ1n) is 12.0. The maximum Gasteiger partial charge on any atom is 0.226 e. The molecular formula is C27H34F2N2O2. The number of likely N-dealkylation sites (tertiary alicyclic amines) is 2. The fraction of sp³-hybridized carbons (Fsp3) is 0.519. The number of piperidine rings is 1. The Labute approximate surface area is 195 Å². The lowest BCUT2D eigenvalue weighted by Crippen LogP contribution is -2.44. The minimum Gasteiger partial charge on any atom is -0.493 e. The van der Waals surface area contributed by atoms with Gasteiger partial charge in [0, 0.05) is 37.8 Å². The Bertz CT molecular complexity index is 950. The molecule has 2 saturated heterocycles. The summed E-state index contributed by atoms with van der Waals surface area (Å²) in [5.41, 5.74) is 1.86. The van der Waals surface area contributed by atoms with Gasteiger partial charge < -0.3 is 9.64 Å². The van der Waals surface area contributed by atoms with Crippen molar-refractivity contribution in [2.45, 2.75) is 46.1 Å². The van der Waals surface area contributed by atoms with E-state index < -0.39 is 11.6 Å². The molecule has 2 aliphatic rings. The maximum absolute atomic E-state index is 13.4. The molecule has 0 radical (unpaired) electrons. The molecule has 2 aliphatic heterocycles. The summed E-state index contributed by atoms with van der Waals surface area (Å²) >= 11 is 0. The number of hydrogen-bond acceptors (Lipinski definition) is 3. The molecule has 4 rings (SSSR count). The van der Waals surface area contributed by atoms with Gasteiger partial charge in [-0.05, 0) is 60.9 Å². The zero-order valence-corrected chi connectivity index (χ0v) is 19.7. The van der Waals surface area contributed by atoms with Crippen LogP contribution in [0.25, 0.3) is 0 Å². The van der Waals surface area contributed by atoms with Crippen molar-refractivity contribution >= 4 is 5.91 Å². The van der Waals surface area contributed by atoms with Crippen molar-refractivity contribution in [2.24, 2.45) is 11.3 Å². The van der Waals surface area contributed by atoms with Crippen LogP contribution in [0.2, 0.25) is 0 Å². The monoisotopic (exact) mass is 456 g/mol. The quantitative estimate of drug-likeness (QED) is 0.584. The zero-order valence-electron chi connectivity index (χ0n) is 19.7. The standard InChI is InChI=1S/C27H34F2N2O2/c1-20(2)18-33-25-6-4-3-5-22(25)17-30-10-7-27(19-30)8-11-31(12-9-27)26(32)15-21-13-23(28)16-24(29)14-21/h3-6,13-14,16,20H,7-12,15,17-19H2,1-2H3. The second-order valence-electron chi connectivity index (χ2n) is 10.1. The normalized spacial score (nSPS) is 18.3. The predicted octanol–water partition coefficient (Wildman–Crippen LogP) is 5.06. The van der Waals surface area contributed by atoms with Gasteiger partial charge >= 0.3 is 0 Å². The van der Waals surface area contributed by atoms with Crippen LogP contribution in [0.3, 0.4) is 0 Å². The predicted molar refractivity (Wildman–Crippen MR) is 125 cm³/mol. The van der Waals surface area contributed by atoms with E-state index >= 15 is 0 Å². The molecule has 0 saturated carbocycles. The molecule has 0 aliphatic carbocycles. The first kappa shape index (κ1) is 23.7. The number of ether oxygens (including phenoxy) is 1. The van der Waals surface area contributed by atoms with Gasteiger partial charge in [0.15, 0.2) is 0 Å². The third-order valence-electron chi connectivity index (χ3n) is 6.91. The van der Waals surface area contributed by atoms with E-state index in [2.05, 4.69) is 36.9 Å². The van der Waals surface area contributed by atoms with Gasteiger partial charge in [0.1, 0.15) is 17.4 Å². The molecule has 0 bridgehead atoms. The number of carbonyl (C=O) groups is 1. The smallest absolute Gasteiger partial charge is 0.226 e. The SMILES string of the molecule is CC(C)COc1ccccc1CN1CCC2(CCN(C(=O)Cc3cc(F)cc(F)c3)CC2)C1. The lowest BCUT2D eigenvalue weighted by molar-refractivity contribution is -0.132. The van der Waals surface area contributed by atoms with Crippen LogP contribution in [0, 0.1) is 23.0 Å². The molecule has 2 fully saturated rings. The Morgan fingerprint density at radius 2 is 1.70 bits per heavy atom. The van der Waals surface area contributed by atoms with Gasteiger partial charge in [0.25, 0.3) is 0 Å². The lowest BCUT2D eigenvalue weighted by Gasteiger charge is -2.39. The fourth-order valence-electron chi connectivity index (χ4n) is 5.07. The number of hydrogen-bond donors (Lipinski definition) is 0. The van der Waals surface area contributed by atoms with Crippen molar-refractivity contribution in [1.29, 1.82) is 0 Å². The van der Waals surface area contributed by atoms with Gasteiger partial charge in [-0.25, -0.2) is 8.78 Å². The van der Waals surface area contributed by atoms with E-state index in [4.69, 9.17) is 4.74 Å². The Morgan fingerprint density at radius 1 is 1.03 bits per heavy atom. The third-order valence-corrected chi connectivity index (χ3v) is 6.91. The van der Waals surface area contributed by atoms with Crippen LogP contribution in [0.4, 0.5) is 8.78 Å². The van der Waals surface area contributed by atoms with Crippen molar-refractivity contribution in [3.05, 3.63) is 65.2 Å². The molecule has 0 aromatic heterocycles. The zero-order chi connectivity index (χ0) is 23.4. The molecule has 178 valence electrons. The summed E-state index contributed by atoms with van der Waals surface area (Å²) in [6.07, 6.45) is 3.12. The summed E-state index contributed by atoms with van der Waals surface area (Å²) in [6, 6.07) is 11.6. The van der Waals surface area contributed by atoms with Crippen molar-refractivity contribution in [2.75, 3.05) is 32.8 Å². The average Bonchev–Trinajstić information content (AvgIpc) is 3.14. The van der Waals surface area contributed by atoms with Gasteiger partial charge in [-0.3, -0.25) is 9.69 Å². The first-order chi connectivity index (χ1) is 15.8. The largest absolute Gasteiger partial charge is 0.493 e. The van der Waals surface area contributed by atoms with E-state index in [0.717, 1.165) is 50.7 Å². The number of halogens is 2. The minimum absolute atomic E-state index is 0.0426. The highest BCUT2D eigenvalue weighted by Crippen LogP contribution is 2.41. The van der Waals surface area contributed by atoms with Crippen LogP contribution in [0.5, 0.6) is 5.75 Å². The summed E-state index contributed by atoms with van der Waals surface area (Å²) in [5.74, 6) is 0.124. The summed E-state index contributed by atoms with van der Waals surface area (Å²) in [4.78, 5) is 17.1. The highest BCUT2D eigenvalue weighted by Gasteiger charge is 2.41. The average molecular weight is 457 g/mol. The summed E-state index contributed by atoms with van der Waals surface area (Å²) in [6.45, 7) is 9.40. The molecule has 2 aromatic carbocycles. The second-order valence-corrected chi connectivity index (χ2v) is 10.1. The molecule has 6 heteroatoms. The number of nitrogens with zero attached hydrogens (tertiary/aromatic N) is 2. The molecule has 33 heavy (non-hydrogen) atoms. The number of amides is 1. The molecular weight excluding hydrogens is 422 g/mol. The third kappa shape index (κ3) is 6.11. The minimum atomic E-state index is -0.641. The van der Waals surface area contributed by atoms with Crippen LogP contribution in [-0.4, -0.2) is 48.5 Å². The molecule has 0 N–H and O–H groups in total. The van der Waals surface area contributed by atoms with E-state index in [1.54, 1.807) is 0 Å². The summed E-state index contributed by atoms with van der Waals surface area (Å²) in [5, 5.41) is 0. The van der Waals surface area contributed by atoms with E-state index in [-0.39, 0.29) is 17.7 Å². The number of rotatable bonds is 7. The first-order valence-corrected chi connectivity index (χ1v) is 12.0. The number of para-hydroxylation sites is 1. The molecule has 0 unspecified atom stereocenters. The highest BCUT2D eigenvalue weighted by molar-refractivity contribution is 5.78. The second kappa shape index (κ2) is 10.2. The highest BCUT2D eigenvalue weighted by atomic mass is 19.1. The maximum atomic E-state index is 13.4. The number of carbonyl (C=O) groups excluding carboxylic acids is 1. The van der Waals surface area contributed by atoms with E-state index in [1.165, 1.54) is 17.7 Å². The number of benzene rings is 2. The van der Waals surface area contributed by atoms with Crippen LogP contribution in [0.1, 0.15) is 44.2 Å². The van der Waals surface area contributed by atoms with Crippen molar-refractivity contribution in [3.63, 3.8) is 0 Å². The van der Waals surface area contributed by atoms with Gasteiger partial charge in [-0.15, -0.1) is 0 Å². The molecule has 1 amide bonds. The topological polar surface area (TPSA) is 32.8 Å². The van der Waals surface area contributed by atoms with Crippen LogP contribution >= 0.6 is 0 Å². The molecule has 2 aromatic rings. The van der Waals surface area contributed by atoms with Gasteiger partial charge in [0.05, 0.1) is 13.0 Å². The summed E-state index contributed by atoms with van der Waals surface area (Å²) < 4.78 is 32.9. The Balaban J connectivity index is 1.30. The molecule has 2 heterocycles. The van der Waals surface area contributed by atoms with E-state index in [1.807, 2.05) is 11.0 Å². The van der Waals surface area contributed by atoms with Gasteiger partial charge in [0.2, 0.25) is 5.91 Å². The Morgan fingerprint density at radius 3 is 2.39 bits per heavy atom. The van der Waals surface area contributed by atoms with Crippen LogP contribution in [-0.2, 0) is 17.8 Å². The van der Waals surface area contributed by atoms with Crippen molar-refractivity contribution in [1.82, 2.24) is 9.80 Å². The molecule has 4 nitrogen and oxygen atoms in total. The van der Waals surface area contributed by atoms with E-state index in [0.29, 0.717) is 31.2 Å².